The van der Waals surface area contributed by atoms with Crippen LogP contribution in [0, 0.1) is 46.8 Å². The summed E-state index contributed by atoms with van der Waals surface area (Å²) in [6.07, 6.45) is 9.18. The number of hydrogen-bond acceptors (Lipinski definition) is 8. The highest BCUT2D eigenvalue weighted by Crippen LogP contribution is 2.40. The molecule has 3 rings (SSSR count). The van der Waals surface area contributed by atoms with Crippen LogP contribution >= 0.6 is 0 Å². The number of nitriles is 1. The van der Waals surface area contributed by atoms with Gasteiger partial charge in [-0.25, -0.2) is 0 Å². The molecular formula is C34H48N2O6. The molecule has 1 aliphatic heterocycles. The third kappa shape index (κ3) is 10.1. The van der Waals surface area contributed by atoms with E-state index in [4.69, 9.17) is 9.47 Å². The Labute approximate surface area is 250 Å². The number of esters is 2. The van der Waals surface area contributed by atoms with Gasteiger partial charge in [0.05, 0.1) is 42.8 Å². The van der Waals surface area contributed by atoms with Crippen LogP contribution in [0.2, 0.25) is 0 Å². The van der Waals surface area contributed by atoms with Crippen molar-refractivity contribution < 1.29 is 29.3 Å². The summed E-state index contributed by atoms with van der Waals surface area (Å²) in [6.45, 7) is 8.44. The first kappa shape index (κ1) is 33.5. The number of cyclic esters (lactones) is 1. The molecule has 0 bridgehead atoms. The van der Waals surface area contributed by atoms with Crippen LogP contribution in [0.25, 0.3) is 0 Å². The number of aromatic nitrogens is 1. The highest BCUT2D eigenvalue weighted by molar-refractivity contribution is 5.74. The Morgan fingerprint density at radius 1 is 1.10 bits per heavy atom. The molecule has 8 nitrogen and oxygen atoms in total. The Morgan fingerprint density at radius 3 is 2.48 bits per heavy atom. The fourth-order valence-corrected chi connectivity index (χ4v) is 6.40. The summed E-state index contributed by atoms with van der Waals surface area (Å²) in [7, 11) is 0. The zero-order valence-corrected chi connectivity index (χ0v) is 25.5. The number of carbonyl (C=O) groups is 2. The van der Waals surface area contributed by atoms with Crippen molar-refractivity contribution in [3.8, 4) is 6.07 Å². The molecule has 1 aromatic rings. The molecule has 1 aliphatic carbocycles. The number of nitrogens with zero attached hydrogens (tertiary/aromatic N) is 2. The van der Waals surface area contributed by atoms with Gasteiger partial charge in [-0.05, 0) is 74.0 Å². The monoisotopic (exact) mass is 580 g/mol. The van der Waals surface area contributed by atoms with Gasteiger partial charge in [0.25, 0.3) is 0 Å². The molecule has 1 saturated carbocycles. The molecule has 2 heterocycles. The van der Waals surface area contributed by atoms with Crippen LogP contribution < -0.4 is 0 Å². The number of carbonyl (C=O) groups excluding carboxylic acids is 2. The number of rotatable bonds is 5. The van der Waals surface area contributed by atoms with E-state index in [1.54, 1.807) is 24.4 Å². The van der Waals surface area contributed by atoms with E-state index in [0.717, 1.165) is 31.4 Å². The number of pyridine rings is 1. The molecule has 0 unspecified atom stereocenters. The van der Waals surface area contributed by atoms with Gasteiger partial charge in [-0.2, -0.15) is 5.26 Å². The second-order valence-electron chi connectivity index (χ2n) is 12.6. The van der Waals surface area contributed by atoms with Crippen LogP contribution in [0.5, 0.6) is 0 Å². The fraction of sp³-hybridized carbons (Fsp3) is 0.647. The number of allylic oxidation sites excluding steroid dienone is 2. The third-order valence-corrected chi connectivity index (χ3v) is 8.87. The molecule has 42 heavy (non-hydrogen) atoms. The predicted octanol–water partition coefficient (Wildman–Crippen LogP) is 5.34. The standard InChI is InChI=1S/C34H48N2O6/c1-22-17-23(2)19-25(4)33(39)26(21-35)9-5-6-11-31(42-32(38)20-30(37)24(3)18-22)28-12-13-29(28)34(40)41-16-14-27-10-7-8-15-36-27/h5-10,15,22-25,28-31,33,37,39H,11-14,16-20H2,1-4H3/b6-5+,26-9-/t22-,23+,24-,25-,28+,29+,30-,31-,33+/m0/s1. The lowest BCUT2D eigenvalue weighted by atomic mass is 9.70. The zero-order chi connectivity index (χ0) is 30.6. The first-order valence-electron chi connectivity index (χ1n) is 15.5. The third-order valence-electron chi connectivity index (χ3n) is 8.87. The van der Waals surface area contributed by atoms with Gasteiger partial charge in [0.15, 0.2) is 0 Å². The summed E-state index contributed by atoms with van der Waals surface area (Å²) in [6, 6.07) is 7.75. The lowest BCUT2D eigenvalue weighted by Gasteiger charge is -2.39. The van der Waals surface area contributed by atoms with Gasteiger partial charge in [0, 0.05) is 30.7 Å². The average molecular weight is 581 g/mol. The van der Waals surface area contributed by atoms with Gasteiger partial charge in [-0.1, -0.05) is 45.9 Å². The van der Waals surface area contributed by atoms with E-state index in [1.165, 1.54) is 0 Å². The minimum absolute atomic E-state index is 0.0819. The largest absolute Gasteiger partial charge is 0.465 e. The normalized spacial score (nSPS) is 35.6. The average Bonchev–Trinajstić information content (AvgIpc) is 2.91. The van der Waals surface area contributed by atoms with E-state index in [1.807, 2.05) is 32.0 Å². The quantitative estimate of drug-likeness (QED) is 0.447. The maximum Gasteiger partial charge on any atom is 0.309 e. The van der Waals surface area contributed by atoms with Crippen molar-refractivity contribution in [1.82, 2.24) is 4.98 Å². The number of aliphatic hydroxyl groups is 2. The molecule has 9 atom stereocenters. The predicted molar refractivity (Wildman–Crippen MR) is 160 cm³/mol. The molecule has 1 fully saturated rings. The lowest BCUT2D eigenvalue weighted by molar-refractivity contribution is -0.169. The van der Waals surface area contributed by atoms with Crippen LogP contribution in [0.4, 0.5) is 0 Å². The van der Waals surface area contributed by atoms with Crippen molar-refractivity contribution in [2.75, 3.05) is 6.61 Å². The SMILES string of the molecule is C[C@@H]1C[C@H](C)C[C@H](C)[C@@H](O)CC(=O)O[C@H]([C@@H]2CC[C@H]2C(=O)OCCc2ccccn2)C/C=C/C=C(/C#N)[C@H](O)[C@@H](C)C1. The summed E-state index contributed by atoms with van der Waals surface area (Å²) < 4.78 is 11.5. The fourth-order valence-electron chi connectivity index (χ4n) is 6.40. The highest BCUT2D eigenvalue weighted by atomic mass is 16.5. The molecular weight excluding hydrogens is 532 g/mol. The van der Waals surface area contributed by atoms with Gasteiger partial charge in [0.2, 0.25) is 0 Å². The molecule has 230 valence electrons. The van der Waals surface area contributed by atoms with Crippen LogP contribution in [0.3, 0.4) is 0 Å². The molecule has 0 aromatic carbocycles. The van der Waals surface area contributed by atoms with E-state index in [2.05, 4.69) is 24.9 Å². The van der Waals surface area contributed by atoms with Crippen molar-refractivity contribution in [1.29, 1.82) is 5.26 Å². The van der Waals surface area contributed by atoms with E-state index < -0.39 is 24.3 Å². The molecule has 8 heteroatoms. The van der Waals surface area contributed by atoms with Crippen molar-refractivity contribution in [3.05, 3.63) is 53.9 Å². The van der Waals surface area contributed by atoms with E-state index in [9.17, 15) is 25.1 Å². The second kappa shape index (κ2) is 16.6. The molecule has 2 N–H and O–H groups in total. The van der Waals surface area contributed by atoms with Gasteiger partial charge in [0.1, 0.15) is 6.10 Å². The minimum atomic E-state index is -0.873. The smallest absolute Gasteiger partial charge is 0.309 e. The highest BCUT2D eigenvalue weighted by Gasteiger charge is 2.44. The maximum atomic E-state index is 13.0. The van der Waals surface area contributed by atoms with Crippen molar-refractivity contribution in [2.24, 2.45) is 35.5 Å². The number of aliphatic hydroxyl groups excluding tert-OH is 2. The van der Waals surface area contributed by atoms with Gasteiger partial charge in [-0.3, -0.25) is 14.6 Å². The minimum Gasteiger partial charge on any atom is -0.465 e. The van der Waals surface area contributed by atoms with E-state index in [-0.39, 0.29) is 42.7 Å². The van der Waals surface area contributed by atoms with Gasteiger partial charge < -0.3 is 19.7 Å². The number of hydrogen-bond donors (Lipinski definition) is 2. The van der Waals surface area contributed by atoms with Crippen molar-refractivity contribution >= 4 is 11.9 Å². The van der Waals surface area contributed by atoms with Crippen LogP contribution in [-0.4, -0.2) is 52.1 Å². The molecule has 0 spiro atoms. The van der Waals surface area contributed by atoms with Crippen LogP contribution in [0.1, 0.15) is 78.3 Å². The van der Waals surface area contributed by atoms with Crippen LogP contribution in [0.15, 0.2) is 48.2 Å². The van der Waals surface area contributed by atoms with E-state index in [0.29, 0.717) is 36.7 Å². The lowest BCUT2D eigenvalue weighted by Crippen LogP contribution is -2.43. The molecule has 2 aliphatic rings. The molecule has 0 amide bonds. The van der Waals surface area contributed by atoms with Gasteiger partial charge in [-0.15, -0.1) is 0 Å². The summed E-state index contributed by atoms with van der Waals surface area (Å²) >= 11 is 0. The Morgan fingerprint density at radius 2 is 1.83 bits per heavy atom. The Balaban J connectivity index is 1.73. The topological polar surface area (TPSA) is 130 Å². The van der Waals surface area contributed by atoms with E-state index >= 15 is 0 Å². The second-order valence-corrected chi connectivity index (χ2v) is 12.6. The summed E-state index contributed by atoms with van der Waals surface area (Å²) in [5, 5.41) is 31.4. The number of ether oxygens (including phenoxy) is 2. The molecule has 1 aromatic heterocycles. The summed E-state index contributed by atoms with van der Waals surface area (Å²) in [5.74, 6) is -0.870. The summed E-state index contributed by atoms with van der Waals surface area (Å²) in [5.41, 5.74) is 1.14. The summed E-state index contributed by atoms with van der Waals surface area (Å²) in [4.78, 5) is 30.2. The Kier molecular flexibility index (Phi) is 13.2. The van der Waals surface area contributed by atoms with Crippen molar-refractivity contribution in [2.45, 2.75) is 97.4 Å². The first-order chi connectivity index (χ1) is 20.1. The first-order valence-corrected chi connectivity index (χ1v) is 15.5. The zero-order valence-electron chi connectivity index (χ0n) is 25.5. The molecule has 0 radical (unpaired) electrons. The Hall–Kier alpha value is -3.02. The van der Waals surface area contributed by atoms with Crippen LogP contribution in [-0.2, 0) is 25.5 Å². The van der Waals surface area contributed by atoms with Gasteiger partial charge >= 0.3 is 11.9 Å². The van der Waals surface area contributed by atoms with Crippen molar-refractivity contribution in [3.63, 3.8) is 0 Å². The Bertz CT molecular complexity index is 1110. The molecule has 0 saturated heterocycles. The maximum absolute atomic E-state index is 13.0.